The lowest BCUT2D eigenvalue weighted by Crippen LogP contribution is -2.32. The van der Waals surface area contributed by atoms with Crippen LogP contribution in [0.3, 0.4) is 0 Å². The van der Waals surface area contributed by atoms with Crippen LogP contribution < -0.4 is 4.72 Å². The maximum absolute atomic E-state index is 11.7. The van der Waals surface area contributed by atoms with Crippen molar-refractivity contribution in [3.63, 3.8) is 0 Å². The molecule has 0 atom stereocenters. The average Bonchev–Trinajstić information content (AvgIpc) is 2.37. The Hall–Kier alpha value is 0.200. The van der Waals surface area contributed by atoms with Crippen LogP contribution >= 0.6 is 11.6 Å². The molecule has 0 aromatic carbocycles. The lowest BCUT2D eigenvalue weighted by Gasteiger charge is -2.27. The van der Waals surface area contributed by atoms with E-state index in [1.54, 1.807) is 0 Å². The number of rotatable bonds is 8. The fourth-order valence-corrected chi connectivity index (χ4v) is 3.95. The van der Waals surface area contributed by atoms with Gasteiger partial charge in [0.15, 0.2) is 0 Å². The highest BCUT2D eigenvalue weighted by Gasteiger charge is 2.21. The highest BCUT2D eigenvalue weighted by Crippen LogP contribution is 2.30. The van der Waals surface area contributed by atoms with Gasteiger partial charge in [-0.25, -0.2) is 13.1 Å². The number of halogens is 1. The number of sulfonamides is 1. The molecule has 0 aliphatic heterocycles. The van der Waals surface area contributed by atoms with Gasteiger partial charge in [0.05, 0.1) is 5.75 Å². The first-order valence-electron chi connectivity index (χ1n) is 7.10. The maximum Gasteiger partial charge on any atom is 0.211 e. The molecule has 3 nitrogen and oxygen atoms in total. The molecule has 108 valence electrons. The fourth-order valence-electron chi connectivity index (χ4n) is 2.55. The molecule has 1 N–H and O–H groups in total. The molecule has 18 heavy (non-hydrogen) atoms. The second-order valence-corrected chi connectivity index (χ2v) is 7.66. The van der Waals surface area contributed by atoms with Crippen molar-refractivity contribution in [2.24, 2.45) is 11.8 Å². The lowest BCUT2D eigenvalue weighted by molar-refractivity contribution is 0.270. The zero-order chi connectivity index (χ0) is 13.4. The molecule has 1 saturated carbocycles. The van der Waals surface area contributed by atoms with E-state index in [1.807, 2.05) is 0 Å². The van der Waals surface area contributed by atoms with E-state index < -0.39 is 10.0 Å². The van der Waals surface area contributed by atoms with Gasteiger partial charge in [-0.1, -0.05) is 26.2 Å². The van der Waals surface area contributed by atoms with Gasteiger partial charge in [0.25, 0.3) is 0 Å². The van der Waals surface area contributed by atoms with Gasteiger partial charge in [-0.15, -0.1) is 11.6 Å². The van der Waals surface area contributed by atoms with Crippen molar-refractivity contribution in [1.29, 1.82) is 0 Å². The van der Waals surface area contributed by atoms with E-state index in [9.17, 15) is 8.42 Å². The quantitative estimate of drug-likeness (QED) is 0.552. The minimum absolute atomic E-state index is 0.212. The van der Waals surface area contributed by atoms with E-state index in [-0.39, 0.29) is 5.75 Å². The van der Waals surface area contributed by atoms with Crippen LogP contribution in [0.2, 0.25) is 0 Å². The van der Waals surface area contributed by atoms with Crippen LogP contribution in [0, 0.1) is 11.8 Å². The maximum atomic E-state index is 11.7. The SMILES string of the molecule is CCC1CCC(CNS(=O)(=O)CCCCCl)CC1. The summed E-state index contributed by atoms with van der Waals surface area (Å²) in [7, 11) is -3.08. The molecule has 0 spiro atoms. The third-order valence-electron chi connectivity index (χ3n) is 3.93. The van der Waals surface area contributed by atoms with Crippen molar-refractivity contribution in [2.75, 3.05) is 18.2 Å². The van der Waals surface area contributed by atoms with Crippen molar-refractivity contribution in [2.45, 2.75) is 51.9 Å². The van der Waals surface area contributed by atoms with Crippen molar-refractivity contribution in [3.8, 4) is 0 Å². The summed E-state index contributed by atoms with van der Waals surface area (Å²) < 4.78 is 26.2. The lowest BCUT2D eigenvalue weighted by atomic mass is 9.81. The third-order valence-corrected chi connectivity index (χ3v) is 5.63. The van der Waals surface area contributed by atoms with Gasteiger partial charge in [-0.2, -0.15) is 0 Å². The fraction of sp³-hybridized carbons (Fsp3) is 1.00. The zero-order valence-corrected chi connectivity index (χ0v) is 12.9. The van der Waals surface area contributed by atoms with Crippen LogP contribution in [0.15, 0.2) is 0 Å². The first-order chi connectivity index (χ1) is 8.57. The Bertz CT molecular complexity index is 311. The van der Waals surface area contributed by atoms with Gasteiger partial charge in [0, 0.05) is 12.4 Å². The number of unbranched alkanes of at least 4 members (excludes halogenated alkanes) is 1. The molecule has 0 aromatic heterocycles. The van der Waals surface area contributed by atoms with E-state index in [1.165, 1.54) is 32.1 Å². The Morgan fingerprint density at radius 3 is 2.28 bits per heavy atom. The van der Waals surface area contributed by atoms with Gasteiger partial charge in [-0.3, -0.25) is 0 Å². The van der Waals surface area contributed by atoms with Gasteiger partial charge in [-0.05, 0) is 37.5 Å². The third kappa shape index (κ3) is 6.39. The minimum atomic E-state index is -3.08. The van der Waals surface area contributed by atoms with Gasteiger partial charge in [0.1, 0.15) is 0 Å². The van der Waals surface area contributed by atoms with E-state index in [2.05, 4.69) is 11.6 Å². The molecule has 0 radical (unpaired) electrons. The molecule has 0 heterocycles. The molecule has 1 rings (SSSR count). The molecule has 0 saturated heterocycles. The molecular weight excluding hydrogens is 270 g/mol. The zero-order valence-electron chi connectivity index (χ0n) is 11.3. The van der Waals surface area contributed by atoms with Gasteiger partial charge < -0.3 is 0 Å². The number of hydrogen-bond donors (Lipinski definition) is 1. The Morgan fingerprint density at radius 2 is 1.72 bits per heavy atom. The van der Waals surface area contributed by atoms with Crippen LogP contribution in [0.25, 0.3) is 0 Å². The summed E-state index contributed by atoms with van der Waals surface area (Å²) >= 11 is 5.54. The second-order valence-electron chi connectivity index (χ2n) is 5.36. The first kappa shape index (κ1) is 16.3. The molecule has 5 heteroatoms. The monoisotopic (exact) mass is 295 g/mol. The van der Waals surface area contributed by atoms with Crippen molar-refractivity contribution >= 4 is 21.6 Å². The van der Waals surface area contributed by atoms with Crippen LogP contribution in [0.1, 0.15) is 51.9 Å². The topological polar surface area (TPSA) is 46.2 Å². The average molecular weight is 296 g/mol. The van der Waals surface area contributed by atoms with E-state index in [0.717, 1.165) is 12.3 Å². The highest BCUT2D eigenvalue weighted by atomic mass is 35.5. The molecule has 1 fully saturated rings. The first-order valence-corrected chi connectivity index (χ1v) is 9.29. The minimum Gasteiger partial charge on any atom is -0.215 e. The Balaban J connectivity index is 2.20. The summed E-state index contributed by atoms with van der Waals surface area (Å²) in [5.74, 6) is 2.15. The number of hydrogen-bond acceptors (Lipinski definition) is 2. The summed E-state index contributed by atoms with van der Waals surface area (Å²) in [5, 5.41) is 0. The van der Waals surface area contributed by atoms with Gasteiger partial charge >= 0.3 is 0 Å². The van der Waals surface area contributed by atoms with Crippen molar-refractivity contribution < 1.29 is 8.42 Å². The molecular formula is C13H26ClNO2S. The normalized spacial score (nSPS) is 25.2. The Labute approximate surface area is 117 Å². The molecule has 0 amide bonds. The smallest absolute Gasteiger partial charge is 0.211 e. The van der Waals surface area contributed by atoms with E-state index in [0.29, 0.717) is 24.8 Å². The summed E-state index contributed by atoms with van der Waals surface area (Å²) in [6.45, 7) is 2.87. The molecule has 0 aromatic rings. The largest absolute Gasteiger partial charge is 0.215 e. The van der Waals surface area contributed by atoms with Crippen LogP contribution in [-0.4, -0.2) is 26.6 Å². The van der Waals surface area contributed by atoms with Crippen molar-refractivity contribution in [1.82, 2.24) is 4.72 Å². The molecule has 0 unspecified atom stereocenters. The van der Waals surface area contributed by atoms with E-state index in [4.69, 9.17) is 11.6 Å². The van der Waals surface area contributed by atoms with Crippen LogP contribution in [0.4, 0.5) is 0 Å². The molecule has 1 aliphatic rings. The number of alkyl halides is 1. The van der Waals surface area contributed by atoms with Gasteiger partial charge in [0.2, 0.25) is 10.0 Å². The summed E-state index contributed by atoms with van der Waals surface area (Å²) in [5.41, 5.74) is 0. The van der Waals surface area contributed by atoms with Crippen LogP contribution in [0.5, 0.6) is 0 Å². The summed E-state index contributed by atoms with van der Waals surface area (Å²) in [4.78, 5) is 0. The highest BCUT2D eigenvalue weighted by molar-refractivity contribution is 7.89. The van der Waals surface area contributed by atoms with Crippen molar-refractivity contribution in [3.05, 3.63) is 0 Å². The summed E-state index contributed by atoms with van der Waals surface area (Å²) in [6.07, 6.45) is 7.54. The standard InChI is InChI=1S/C13H26ClNO2S/c1-2-12-5-7-13(8-6-12)11-15-18(16,17)10-4-3-9-14/h12-13,15H,2-11H2,1H3. The molecule has 0 bridgehead atoms. The Morgan fingerprint density at radius 1 is 1.11 bits per heavy atom. The molecule has 1 aliphatic carbocycles. The summed E-state index contributed by atoms with van der Waals surface area (Å²) in [6, 6.07) is 0. The van der Waals surface area contributed by atoms with Crippen LogP contribution in [-0.2, 0) is 10.0 Å². The van der Waals surface area contributed by atoms with E-state index >= 15 is 0 Å². The Kier molecular flexibility index (Phi) is 7.57. The second kappa shape index (κ2) is 8.39. The predicted octanol–water partition coefficient (Wildman–Crippen LogP) is 3.14. The number of nitrogens with one attached hydrogen (secondary N) is 1. The predicted molar refractivity (Wildman–Crippen MR) is 77.5 cm³/mol.